The molecular formula is C24H23ClO2. The van der Waals surface area contributed by atoms with E-state index < -0.39 is 0 Å². The molecule has 3 heteroatoms. The molecule has 1 fully saturated rings. The third-order valence-electron chi connectivity index (χ3n) is 5.29. The van der Waals surface area contributed by atoms with Gasteiger partial charge in [-0.2, -0.15) is 0 Å². The van der Waals surface area contributed by atoms with E-state index in [2.05, 4.69) is 18.2 Å². The zero-order valence-corrected chi connectivity index (χ0v) is 16.0. The van der Waals surface area contributed by atoms with Crippen molar-refractivity contribution < 1.29 is 9.47 Å². The van der Waals surface area contributed by atoms with Gasteiger partial charge in [0, 0.05) is 10.4 Å². The van der Waals surface area contributed by atoms with Gasteiger partial charge >= 0.3 is 0 Å². The summed E-state index contributed by atoms with van der Waals surface area (Å²) in [5.74, 6) is 1.67. The molecule has 0 unspecified atom stereocenters. The molecule has 0 atom stereocenters. The van der Waals surface area contributed by atoms with Crippen molar-refractivity contribution in [1.82, 2.24) is 0 Å². The Morgan fingerprint density at radius 2 is 1.56 bits per heavy atom. The summed E-state index contributed by atoms with van der Waals surface area (Å²) in [7, 11) is 0. The van der Waals surface area contributed by atoms with Crippen molar-refractivity contribution in [3.63, 3.8) is 0 Å². The Balaban J connectivity index is 1.37. The average molecular weight is 379 g/mol. The summed E-state index contributed by atoms with van der Waals surface area (Å²) in [4.78, 5) is 0. The van der Waals surface area contributed by atoms with Crippen LogP contribution in [0.15, 0.2) is 78.9 Å². The van der Waals surface area contributed by atoms with Crippen molar-refractivity contribution in [2.24, 2.45) is 0 Å². The van der Waals surface area contributed by atoms with Crippen LogP contribution < -0.4 is 4.74 Å². The highest BCUT2D eigenvalue weighted by molar-refractivity contribution is 6.30. The molecule has 0 spiro atoms. The summed E-state index contributed by atoms with van der Waals surface area (Å²) < 4.78 is 12.0. The maximum absolute atomic E-state index is 6.13. The molecule has 138 valence electrons. The molecule has 0 bridgehead atoms. The third kappa shape index (κ3) is 4.35. The van der Waals surface area contributed by atoms with Crippen molar-refractivity contribution in [3.8, 4) is 11.5 Å². The first-order valence-electron chi connectivity index (χ1n) is 9.39. The van der Waals surface area contributed by atoms with Gasteiger partial charge in [-0.15, -0.1) is 0 Å². The van der Waals surface area contributed by atoms with Gasteiger partial charge in [0.15, 0.2) is 0 Å². The molecule has 0 saturated heterocycles. The standard InChI is InChI=1S/C24H23ClO2/c25-21-12-10-20(11-13-21)24(14-5-15-24)18-26-17-19-6-4-9-23(16-19)27-22-7-2-1-3-8-22/h1-4,6-13,16H,5,14-15,17-18H2. The lowest BCUT2D eigenvalue weighted by atomic mass is 9.65. The number of halogens is 1. The number of para-hydroxylation sites is 1. The Kier molecular flexibility index (Phi) is 5.47. The number of ether oxygens (including phenoxy) is 2. The SMILES string of the molecule is Clc1ccc(C2(COCc3cccc(Oc4ccccc4)c3)CCC2)cc1. The van der Waals surface area contributed by atoms with Gasteiger partial charge in [-0.3, -0.25) is 0 Å². The summed E-state index contributed by atoms with van der Waals surface area (Å²) in [5.41, 5.74) is 2.59. The molecule has 0 N–H and O–H groups in total. The van der Waals surface area contributed by atoms with Crippen LogP contribution in [0, 0.1) is 0 Å². The Morgan fingerprint density at radius 1 is 0.815 bits per heavy atom. The number of hydrogen-bond acceptors (Lipinski definition) is 2. The minimum absolute atomic E-state index is 0.142. The van der Waals surface area contributed by atoms with Gasteiger partial charge in [0.25, 0.3) is 0 Å². The highest BCUT2D eigenvalue weighted by atomic mass is 35.5. The second-order valence-electron chi connectivity index (χ2n) is 7.20. The predicted octanol–water partition coefficient (Wildman–Crippen LogP) is 6.77. The Labute approximate surface area is 165 Å². The molecule has 1 aliphatic rings. The molecule has 4 rings (SSSR count). The molecule has 27 heavy (non-hydrogen) atoms. The molecule has 0 heterocycles. The van der Waals surface area contributed by atoms with E-state index in [9.17, 15) is 0 Å². The largest absolute Gasteiger partial charge is 0.457 e. The zero-order chi connectivity index (χ0) is 18.5. The fourth-order valence-corrected chi connectivity index (χ4v) is 3.74. The van der Waals surface area contributed by atoms with Gasteiger partial charge in [-0.1, -0.05) is 60.5 Å². The molecule has 3 aromatic carbocycles. The quantitative estimate of drug-likeness (QED) is 0.451. The highest BCUT2D eigenvalue weighted by Gasteiger charge is 2.38. The van der Waals surface area contributed by atoms with Crippen molar-refractivity contribution >= 4 is 11.6 Å². The summed E-state index contributed by atoms with van der Waals surface area (Å²) >= 11 is 6.04. The van der Waals surface area contributed by atoms with E-state index in [1.165, 1.54) is 24.8 Å². The zero-order valence-electron chi connectivity index (χ0n) is 15.2. The highest BCUT2D eigenvalue weighted by Crippen LogP contribution is 2.44. The first-order chi connectivity index (χ1) is 13.2. The molecule has 1 aliphatic carbocycles. The topological polar surface area (TPSA) is 18.5 Å². The smallest absolute Gasteiger partial charge is 0.127 e. The van der Waals surface area contributed by atoms with Gasteiger partial charge in [0.1, 0.15) is 11.5 Å². The second-order valence-corrected chi connectivity index (χ2v) is 7.63. The average Bonchev–Trinajstić information content (AvgIpc) is 2.66. The van der Waals surface area contributed by atoms with E-state index in [1.807, 2.05) is 60.7 Å². The first-order valence-corrected chi connectivity index (χ1v) is 9.77. The molecule has 0 amide bonds. The van der Waals surface area contributed by atoms with E-state index >= 15 is 0 Å². The van der Waals surface area contributed by atoms with Crippen molar-refractivity contribution in [3.05, 3.63) is 95.0 Å². The van der Waals surface area contributed by atoms with Gasteiger partial charge in [-0.05, 0) is 60.4 Å². The Hall–Kier alpha value is -2.29. The summed E-state index contributed by atoms with van der Waals surface area (Å²) in [5, 5.41) is 0.782. The van der Waals surface area contributed by atoms with Gasteiger partial charge in [0.05, 0.1) is 13.2 Å². The maximum atomic E-state index is 6.13. The summed E-state index contributed by atoms with van der Waals surface area (Å²) in [6, 6.07) is 26.2. The molecule has 0 aliphatic heterocycles. The lowest BCUT2D eigenvalue weighted by Crippen LogP contribution is -2.38. The summed E-state index contributed by atoms with van der Waals surface area (Å²) in [6.07, 6.45) is 3.60. The van der Waals surface area contributed by atoms with Crippen LogP contribution in [0.2, 0.25) is 5.02 Å². The van der Waals surface area contributed by atoms with Crippen LogP contribution in [0.1, 0.15) is 30.4 Å². The normalized spacial score (nSPS) is 15.1. The van der Waals surface area contributed by atoms with E-state index in [0.29, 0.717) is 6.61 Å². The lowest BCUT2D eigenvalue weighted by molar-refractivity contribution is 0.0355. The van der Waals surface area contributed by atoms with Crippen LogP contribution >= 0.6 is 11.6 Å². The second kappa shape index (κ2) is 8.16. The van der Waals surface area contributed by atoms with E-state index in [0.717, 1.165) is 28.7 Å². The minimum Gasteiger partial charge on any atom is -0.457 e. The van der Waals surface area contributed by atoms with Crippen LogP contribution in [0.5, 0.6) is 11.5 Å². The molecular weight excluding hydrogens is 356 g/mol. The van der Waals surface area contributed by atoms with E-state index in [4.69, 9.17) is 21.1 Å². The van der Waals surface area contributed by atoms with Crippen LogP contribution in [0.25, 0.3) is 0 Å². The van der Waals surface area contributed by atoms with Gasteiger partial charge < -0.3 is 9.47 Å². The van der Waals surface area contributed by atoms with Crippen LogP contribution in [0.4, 0.5) is 0 Å². The van der Waals surface area contributed by atoms with Crippen molar-refractivity contribution in [1.29, 1.82) is 0 Å². The molecule has 0 aromatic heterocycles. The fourth-order valence-electron chi connectivity index (χ4n) is 3.61. The number of hydrogen-bond donors (Lipinski definition) is 0. The first kappa shape index (κ1) is 18.1. The van der Waals surface area contributed by atoms with Crippen molar-refractivity contribution in [2.45, 2.75) is 31.3 Å². The number of rotatable bonds is 7. The molecule has 2 nitrogen and oxygen atoms in total. The lowest BCUT2D eigenvalue weighted by Gasteiger charge is -2.42. The molecule has 1 saturated carbocycles. The third-order valence-corrected chi connectivity index (χ3v) is 5.54. The summed E-state index contributed by atoms with van der Waals surface area (Å²) in [6.45, 7) is 1.32. The van der Waals surface area contributed by atoms with Crippen LogP contribution in [0.3, 0.4) is 0 Å². The monoisotopic (exact) mass is 378 g/mol. The molecule has 3 aromatic rings. The van der Waals surface area contributed by atoms with Crippen LogP contribution in [-0.4, -0.2) is 6.61 Å². The van der Waals surface area contributed by atoms with E-state index in [1.54, 1.807) is 0 Å². The van der Waals surface area contributed by atoms with Crippen LogP contribution in [-0.2, 0) is 16.8 Å². The maximum Gasteiger partial charge on any atom is 0.127 e. The Morgan fingerprint density at radius 3 is 2.26 bits per heavy atom. The molecule has 0 radical (unpaired) electrons. The van der Waals surface area contributed by atoms with E-state index in [-0.39, 0.29) is 5.41 Å². The number of benzene rings is 3. The Bertz CT molecular complexity index is 870. The van der Waals surface area contributed by atoms with Gasteiger partial charge in [0.2, 0.25) is 0 Å². The van der Waals surface area contributed by atoms with Crippen molar-refractivity contribution in [2.75, 3.05) is 6.61 Å². The predicted molar refractivity (Wildman–Crippen MR) is 110 cm³/mol. The minimum atomic E-state index is 0.142. The van der Waals surface area contributed by atoms with Gasteiger partial charge in [-0.25, -0.2) is 0 Å². The fraction of sp³-hybridized carbons (Fsp3) is 0.250.